The fourth-order valence-corrected chi connectivity index (χ4v) is 2.24. The Bertz CT molecular complexity index is 595. The van der Waals surface area contributed by atoms with Crippen molar-refractivity contribution in [2.24, 2.45) is 5.92 Å². The van der Waals surface area contributed by atoms with Crippen molar-refractivity contribution in [2.75, 3.05) is 31.8 Å². The highest BCUT2D eigenvalue weighted by molar-refractivity contribution is 7.90. The van der Waals surface area contributed by atoms with E-state index in [2.05, 4.69) is 0 Å². The number of rotatable bonds is 7. The van der Waals surface area contributed by atoms with Crippen LogP contribution in [0.3, 0.4) is 0 Å². The van der Waals surface area contributed by atoms with E-state index < -0.39 is 15.8 Å². The molecule has 0 radical (unpaired) electrons. The normalized spacial score (nSPS) is 11.6. The largest absolute Gasteiger partial charge is 0.460 e. The first-order valence-corrected chi connectivity index (χ1v) is 8.45. The maximum absolute atomic E-state index is 11.8. The summed E-state index contributed by atoms with van der Waals surface area (Å²) < 4.78 is 33.3. The van der Waals surface area contributed by atoms with E-state index in [1.807, 2.05) is 13.8 Å². The smallest absolute Gasteiger partial charge is 0.338 e. The van der Waals surface area contributed by atoms with Crippen molar-refractivity contribution in [3.8, 4) is 0 Å². The van der Waals surface area contributed by atoms with E-state index >= 15 is 0 Å². The molecule has 1 aromatic rings. The zero-order chi connectivity index (χ0) is 16.0. The highest BCUT2D eigenvalue weighted by Crippen LogP contribution is 2.17. The van der Waals surface area contributed by atoms with Gasteiger partial charge in [0, 0.05) is 18.6 Å². The van der Waals surface area contributed by atoms with Crippen LogP contribution in [0.5, 0.6) is 0 Å². The summed E-state index contributed by atoms with van der Waals surface area (Å²) in [5.41, 5.74) is 5.91. The van der Waals surface area contributed by atoms with Gasteiger partial charge >= 0.3 is 5.97 Å². The zero-order valence-corrected chi connectivity index (χ0v) is 13.3. The first-order chi connectivity index (χ1) is 9.70. The van der Waals surface area contributed by atoms with Gasteiger partial charge in [0.2, 0.25) is 0 Å². The monoisotopic (exact) mass is 315 g/mol. The van der Waals surface area contributed by atoms with Crippen molar-refractivity contribution in [1.29, 1.82) is 0 Å². The molecule has 118 valence electrons. The average Bonchev–Trinajstić information content (AvgIpc) is 2.36. The summed E-state index contributed by atoms with van der Waals surface area (Å²) in [5, 5.41) is 0. The number of ether oxygens (including phenoxy) is 2. The van der Waals surface area contributed by atoms with Gasteiger partial charge in [0.25, 0.3) is 0 Å². The van der Waals surface area contributed by atoms with Gasteiger partial charge in [-0.2, -0.15) is 0 Å². The van der Waals surface area contributed by atoms with Gasteiger partial charge in [0.1, 0.15) is 6.61 Å². The molecule has 0 saturated heterocycles. The molecule has 0 atom stereocenters. The lowest BCUT2D eigenvalue weighted by molar-refractivity contribution is 0.0277. The van der Waals surface area contributed by atoms with Gasteiger partial charge in [0.05, 0.1) is 17.1 Å². The van der Waals surface area contributed by atoms with E-state index in [-0.39, 0.29) is 22.8 Å². The molecule has 0 bridgehead atoms. The summed E-state index contributed by atoms with van der Waals surface area (Å²) in [4.78, 5) is 11.8. The molecule has 0 heterocycles. The van der Waals surface area contributed by atoms with Crippen molar-refractivity contribution < 1.29 is 22.7 Å². The maximum atomic E-state index is 11.8. The fourth-order valence-electron chi connectivity index (χ4n) is 1.55. The predicted molar refractivity (Wildman–Crippen MR) is 79.9 cm³/mol. The van der Waals surface area contributed by atoms with Crippen LogP contribution in [0.2, 0.25) is 0 Å². The molecule has 0 saturated carbocycles. The van der Waals surface area contributed by atoms with Crippen molar-refractivity contribution in [3.63, 3.8) is 0 Å². The molecular formula is C14H21NO5S. The quantitative estimate of drug-likeness (QED) is 0.465. The minimum Gasteiger partial charge on any atom is -0.460 e. The van der Waals surface area contributed by atoms with Gasteiger partial charge in [-0.25, -0.2) is 13.2 Å². The molecule has 0 aliphatic carbocycles. The molecule has 0 aliphatic rings. The van der Waals surface area contributed by atoms with Crippen LogP contribution in [0.25, 0.3) is 0 Å². The molecule has 0 aromatic heterocycles. The predicted octanol–water partition coefficient (Wildman–Crippen LogP) is 1.50. The lowest BCUT2D eigenvalue weighted by atomic mass is 10.2. The first kappa shape index (κ1) is 17.5. The van der Waals surface area contributed by atoms with Crippen molar-refractivity contribution in [3.05, 3.63) is 23.8 Å². The number of hydrogen-bond donors (Lipinski definition) is 1. The summed E-state index contributed by atoms with van der Waals surface area (Å²) in [6.45, 7) is 5.03. The van der Waals surface area contributed by atoms with Gasteiger partial charge < -0.3 is 15.2 Å². The average molecular weight is 315 g/mol. The van der Waals surface area contributed by atoms with Crippen molar-refractivity contribution in [2.45, 2.75) is 18.7 Å². The second-order valence-corrected chi connectivity index (χ2v) is 7.18. The highest BCUT2D eigenvalue weighted by Gasteiger charge is 2.14. The van der Waals surface area contributed by atoms with Gasteiger partial charge in [-0.05, 0) is 24.1 Å². The topological polar surface area (TPSA) is 95.7 Å². The fraction of sp³-hybridized carbons (Fsp3) is 0.500. The number of anilines is 1. The van der Waals surface area contributed by atoms with Crippen LogP contribution in [0.4, 0.5) is 5.69 Å². The number of nitrogen functional groups attached to an aromatic ring is 1. The summed E-state index contributed by atoms with van der Waals surface area (Å²) in [5.74, 6) is -0.215. The molecule has 1 rings (SSSR count). The van der Waals surface area contributed by atoms with Crippen LogP contribution < -0.4 is 5.73 Å². The number of nitrogens with two attached hydrogens (primary N) is 1. The van der Waals surface area contributed by atoms with E-state index in [0.717, 1.165) is 6.26 Å². The molecule has 7 heteroatoms. The zero-order valence-electron chi connectivity index (χ0n) is 12.5. The SMILES string of the molecule is CC(C)COCCOC(=O)c1cc(N)cc(S(C)(=O)=O)c1. The second-order valence-electron chi connectivity index (χ2n) is 5.17. The number of sulfone groups is 1. The standard InChI is InChI=1S/C14H21NO5S/c1-10(2)9-19-4-5-20-14(16)11-6-12(15)8-13(7-11)21(3,17)18/h6-8,10H,4-5,9,15H2,1-3H3. The Balaban J connectivity index is 2.64. The molecule has 0 amide bonds. The van der Waals surface area contributed by atoms with Crippen LogP contribution >= 0.6 is 0 Å². The Morgan fingerprint density at radius 2 is 1.90 bits per heavy atom. The van der Waals surface area contributed by atoms with Crippen LogP contribution in [0.1, 0.15) is 24.2 Å². The van der Waals surface area contributed by atoms with Gasteiger partial charge in [0.15, 0.2) is 9.84 Å². The number of carbonyl (C=O) groups is 1. The minimum atomic E-state index is -3.43. The molecule has 0 aliphatic heterocycles. The van der Waals surface area contributed by atoms with Gasteiger partial charge in [-0.15, -0.1) is 0 Å². The molecule has 0 fully saturated rings. The summed E-state index contributed by atoms with van der Waals surface area (Å²) >= 11 is 0. The minimum absolute atomic E-state index is 0.00879. The van der Waals surface area contributed by atoms with E-state index in [9.17, 15) is 13.2 Å². The van der Waals surface area contributed by atoms with Gasteiger partial charge in [-0.1, -0.05) is 13.8 Å². The second kappa shape index (κ2) is 7.42. The Labute approximate surface area is 125 Å². The molecule has 0 spiro atoms. The Morgan fingerprint density at radius 3 is 2.48 bits per heavy atom. The molecule has 6 nitrogen and oxygen atoms in total. The van der Waals surface area contributed by atoms with Crippen molar-refractivity contribution >= 4 is 21.5 Å². The van der Waals surface area contributed by atoms with Crippen molar-refractivity contribution in [1.82, 2.24) is 0 Å². The van der Waals surface area contributed by atoms with E-state index in [1.54, 1.807) is 0 Å². The first-order valence-electron chi connectivity index (χ1n) is 6.55. The van der Waals surface area contributed by atoms with Gasteiger partial charge in [-0.3, -0.25) is 0 Å². The maximum Gasteiger partial charge on any atom is 0.338 e. The van der Waals surface area contributed by atoms with E-state index in [4.69, 9.17) is 15.2 Å². The van der Waals surface area contributed by atoms with Crippen LogP contribution in [0.15, 0.2) is 23.1 Å². The third-order valence-electron chi connectivity index (χ3n) is 2.50. The van der Waals surface area contributed by atoms with Crippen LogP contribution in [-0.2, 0) is 19.3 Å². The third kappa shape index (κ3) is 6.14. The Morgan fingerprint density at radius 1 is 1.24 bits per heavy atom. The third-order valence-corrected chi connectivity index (χ3v) is 3.60. The molecule has 2 N–H and O–H groups in total. The van der Waals surface area contributed by atoms with E-state index in [1.165, 1.54) is 18.2 Å². The number of benzene rings is 1. The molecule has 0 unspecified atom stereocenters. The lowest BCUT2D eigenvalue weighted by Gasteiger charge is -2.09. The Hall–Kier alpha value is -1.60. The molecule has 21 heavy (non-hydrogen) atoms. The van der Waals surface area contributed by atoms with Crippen LogP contribution in [0, 0.1) is 5.92 Å². The summed E-state index contributed by atoms with van der Waals surface area (Å²) in [7, 11) is -3.43. The number of esters is 1. The van der Waals surface area contributed by atoms with Crippen LogP contribution in [-0.4, -0.2) is 40.5 Å². The summed E-state index contributed by atoms with van der Waals surface area (Å²) in [6, 6.07) is 3.94. The van der Waals surface area contributed by atoms with E-state index in [0.29, 0.717) is 19.1 Å². The number of carbonyl (C=O) groups excluding carboxylic acids is 1. The number of hydrogen-bond acceptors (Lipinski definition) is 6. The molecule has 1 aromatic carbocycles. The molecular weight excluding hydrogens is 294 g/mol. The highest BCUT2D eigenvalue weighted by atomic mass is 32.2. The lowest BCUT2D eigenvalue weighted by Crippen LogP contribution is -2.13. The summed E-state index contributed by atoms with van der Waals surface area (Å²) in [6.07, 6.45) is 1.05. The Kier molecular flexibility index (Phi) is 6.17.